The van der Waals surface area contributed by atoms with E-state index in [1.807, 2.05) is 60.7 Å². The summed E-state index contributed by atoms with van der Waals surface area (Å²) in [5.74, 6) is 0.784. The van der Waals surface area contributed by atoms with E-state index in [4.69, 9.17) is 4.74 Å². The maximum atomic E-state index is 12.7. The number of rotatable bonds is 5. The summed E-state index contributed by atoms with van der Waals surface area (Å²) in [6, 6.07) is 25.5. The number of aromatic nitrogens is 1. The van der Waals surface area contributed by atoms with E-state index in [9.17, 15) is 4.79 Å². The first-order valence-electron chi connectivity index (χ1n) is 11.4. The van der Waals surface area contributed by atoms with Gasteiger partial charge in [-0.05, 0) is 79.5 Å². The molecule has 0 unspecified atom stereocenters. The van der Waals surface area contributed by atoms with E-state index in [2.05, 4.69) is 34.4 Å². The molecule has 0 aliphatic carbocycles. The minimum absolute atomic E-state index is 0.135. The third kappa shape index (κ3) is 5.04. The zero-order valence-corrected chi connectivity index (χ0v) is 18.7. The summed E-state index contributed by atoms with van der Waals surface area (Å²) in [6.07, 6.45) is 4.19. The van der Waals surface area contributed by atoms with Gasteiger partial charge in [-0.2, -0.15) is 0 Å². The predicted octanol–water partition coefficient (Wildman–Crippen LogP) is 5.63. The van der Waals surface area contributed by atoms with Crippen LogP contribution in [0.25, 0.3) is 22.0 Å². The molecule has 1 aliphatic rings. The molecule has 2 heterocycles. The summed E-state index contributed by atoms with van der Waals surface area (Å²) >= 11 is 0. The predicted molar refractivity (Wildman–Crippen MR) is 133 cm³/mol. The highest BCUT2D eigenvalue weighted by Crippen LogP contribution is 2.26. The van der Waals surface area contributed by atoms with Gasteiger partial charge in [-0.25, -0.2) is 0 Å². The van der Waals surface area contributed by atoms with E-state index >= 15 is 0 Å². The van der Waals surface area contributed by atoms with Crippen molar-refractivity contribution in [3.8, 4) is 16.9 Å². The highest BCUT2D eigenvalue weighted by molar-refractivity contribution is 6.06. The molecule has 0 radical (unpaired) electrons. The molecule has 5 rings (SSSR count). The fraction of sp³-hybridized carbons (Fsp3) is 0.214. The lowest BCUT2D eigenvalue weighted by Gasteiger charge is -2.29. The molecule has 0 spiro atoms. The number of fused-ring (bicyclic) bond motifs is 1. The van der Waals surface area contributed by atoms with Crippen molar-refractivity contribution in [1.82, 2.24) is 9.88 Å². The van der Waals surface area contributed by atoms with Gasteiger partial charge in [0.15, 0.2) is 0 Å². The molecule has 1 N–H and O–H groups in total. The van der Waals surface area contributed by atoms with Crippen LogP contribution < -0.4 is 10.1 Å². The van der Waals surface area contributed by atoms with Crippen LogP contribution in [0.2, 0.25) is 0 Å². The number of nitrogens with one attached hydrogen (secondary N) is 1. The van der Waals surface area contributed by atoms with Crippen molar-refractivity contribution in [2.75, 3.05) is 25.5 Å². The van der Waals surface area contributed by atoms with E-state index in [0.29, 0.717) is 11.7 Å². The molecule has 1 aromatic heterocycles. The van der Waals surface area contributed by atoms with Gasteiger partial charge in [0.25, 0.3) is 5.91 Å². The molecule has 0 bridgehead atoms. The molecule has 1 aliphatic heterocycles. The fourth-order valence-electron chi connectivity index (χ4n) is 4.19. The summed E-state index contributed by atoms with van der Waals surface area (Å²) in [7, 11) is 2.16. The molecule has 5 heteroatoms. The molecule has 1 amide bonds. The first-order chi connectivity index (χ1) is 16.1. The minimum Gasteiger partial charge on any atom is -0.490 e. The number of hydrogen-bond acceptors (Lipinski definition) is 4. The maximum absolute atomic E-state index is 12.7. The number of anilines is 1. The van der Waals surface area contributed by atoms with Gasteiger partial charge in [-0.3, -0.25) is 9.78 Å². The van der Waals surface area contributed by atoms with Crippen molar-refractivity contribution in [3.05, 3.63) is 90.6 Å². The highest BCUT2D eigenvalue weighted by Gasteiger charge is 2.18. The summed E-state index contributed by atoms with van der Waals surface area (Å²) in [5, 5.41) is 3.92. The van der Waals surface area contributed by atoms with Gasteiger partial charge in [0.05, 0.1) is 5.52 Å². The summed E-state index contributed by atoms with van der Waals surface area (Å²) < 4.78 is 6.15. The van der Waals surface area contributed by atoms with Crippen molar-refractivity contribution in [1.29, 1.82) is 0 Å². The Morgan fingerprint density at radius 2 is 1.64 bits per heavy atom. The number of carbonyl (C=O) groups is 1. The van der Waals surface area contributed by atoms with Crippen molar-refractivity contribution in [2.24, 2.45) is 0 Å². The second-order valence-electron chi connectivity index (χ2n) is 8.59. The summed E-state index contributed by atoms with van der Waals surface area (Å²) in [4.78, 5) is 19.3. The Bertz CT molecular complexity index is 1240. The molecule has 0 atom stereocenters. The van der Waals surface area contributed by atoms with Gasteiger partial charge < -0.3 is 15.0 Å². The Hall–Kier alpha value is -3.70. The van der Waals surface area contributed by atoms with Crippen molar-refractivity contribution >= 4 is 22.5 Å². The molecule has 5 nitrogen and oxygen atoms in total. The third-order valence-electron chi connectivity index (χ3n) is 6.16. The lowest BCUT2D eigenvalue weighted by Crippen LogP contribution is -2.35. The Balaban J connectivity index is 1.22. The molecule has 1 fully saturated rings. The SMILES string of the molecule is CN1CCC(Oc2ccc(-c3ccc(NC(=O)c4ccc5ncccc5c4)cc3)cc2)CC1. The first kappa shape index (κ1) is 21.2. The third-order valence-corrected chi connectivity index (χ3v) is 6.16. The van der Waals surface area contributed by atoms with Gasteiger partial charge >= 0.3 is 0 Å². The van der Waals surface area contributed by atoms with E-state index in [1.165, 1.54) is 0 Å². The quantitative estimate of drug-likeness (QED) is 0.440. The number of piperidine rings is 1. The average Bonchev–Trinajstić information content (AvgIpc) is 2.86. The van der Waals surface area contributed by atoms with Gasteiger partial charge in [-0.15, -0.1) is 0 Å². The van der Waals surface area contributed by atoms with Gasteiger partial charge in [0.2, 0.25) is 0 Å². The van der Waals surface area contributed by atoms with Crippen molar-refractivity contribution in [2.45, 2.75) is 18.9 Å². The Morgan fingerprint density at radius 3 is 2.36 bits per heavy atom. The Morgan fingerprint density at radius 1 is 0.939 bits per heavy atom. The van der Waals surface area contributed by atoms with Crippen LogP contribution in [-0.2, 0) is 0 Å². The topological polar surface area (TPSA) is 54.5 Å². The molecule has 4 aromatic rings. The van der Waals surface area contributed by atoms with Crippen LogP contribution in [0.15, 0.2) is 85.1 Å². The second-order valence-corrected chi connectivity index (χ2v) is 8.59. The van der Waals surface area contributed by atoms with E-state index < -0.39 is 0 Å². The van der Waals surface area contributed by atoms with Crippen molar-refractivity contribution in [3.63, 3.8) is 0 Å². The Labute approximate surface area is 194 Å². The number of likely N-dealkylation sites (tertiary alicyclic amines) is 1. The van der Waals surface area contributed by atoms with Gasteiger partial charge in [-0.1, -0.05) is 30.3 Å². The Kier molecular flexibility index (Phi) is 6.05. The van der Waals surface area contributed by atoms with E-state index in [1.54, 1.807) is 12.3 Å². The lowest BCUT2D eigenvalue weighted by atomic mass is 10.0. The lowest BCUT2D eigenvalue weighted by molar-refractivity contribution is 0.102. The molecular formula is C28H27N3O2. The number of amides is 1. The largest absolute Gasteiger partial charge is 0.490 e. The zero-order chi connectivity index (χ0) is 22.6. The summed E-state index contributed by atoms with van der Waals surface area (Å²) in [5.41, 5.74) is 4.46. The molecular weight excluding hydrogens is 410 g/mol. The van der Waals surface area contributed by atoms with Crippen LogP contribution in [0.4, 0.5) is 5.69 Å². The first-order valence-corrected chi connectivity index (χ1v) is 11.4. The van der Waals surface area contributed by atoms with E-state index in [0.717, 1.165) is 59.4 Å². The zero-order valence-electron chi connectivity index (χ0n) is 18.7. The minimum atomic E-state index is -0.135. The molecule has 1 saturated heterocycles. The number of hydrogen-bond donors (Lipinski definition) is 1. The fourth-order valence-corrected chi connectivity index (χ4v) is 4.19. The molecule has 3 aromatic carbocycles. The standard InChI is InChI=1S/C28H27N3O2/c1-31-17-14-26(15-18-31)33-25-11-6-21(7-12-25)20-4-9-24(10-5-20)30-28(32)23-8-13-27-22(19-23)3-2-16-29-27/h2-13,16,19,26H,14-15,17-18H2,1H3,(H,30,32). The van der Waals surface area contributed by atoms with Crippen LogP contribution in [0.3, 0.4) is 0 Å². The maximum Gasteiger partial charge on any atom is 0.255 e. The van der Waals surface area contributed by atoms with Crippen LogP contribution in [-0.4, -0.2) is 42.0 Å². The van der Waals surface area contributed by atoms with Gasteiger partial charge in [0, 0.05) is 35.9 Å². The van der Waals surface area contributed by atoms with Crippen LogP contribution >= 0.6 is 0 Å². The number of ether oxygens (including phenoxy) is 1. The number of benzene rings is 3. The molecule has 0 saturated carbocycles. The van der Waals surface area contributed by atoms with E-state index in [-0.39, 0.29) is 5.91 Å². The monoisotopic (exact) mass is 437 g/mol. The molecule has 166 valence electrons. The van der Waals surface area contributed by atoms with Crippen LogP contribution in [0.5, 0.6) is 5.75 Å². The highest BCUT2D eigenvalue weighted by atomic mass is 16.5. The van der Waals surface area contributed by atoms with Crippen LogP contribution in [0, 0.1) is 0 Å². The van der Waals surface area contributed by atoms with Crippen molar-refractivity contribution < 1.29 is 9.53 Å². The smallest absolute Gasteiger partial charge is 0.255 e. The second kappa shape index (κ2) is 9.43. The van der Waals surface area contributed by atoms with Crippen LogP contribution in [0.1, 0.15) is 23.2 Å². The van der Waals surface area contributed by atoms with Gasteiger partial charge in [0.1, 0.15) is 11.9 Å². The number of carbonyl (C=O) groups excluding carboxylic acids is 1. The normalized spacial score (nSPS) is 14.8. The summed E-state index contributed by atoms with van der Waals surface area (Å²) in [6.45, 7) is 2.17. The number of pyridine rings is 1. The number of nitrogens with zero attached hydrogens (tertiary/aromatic N) is 2. The average molecular weight is 438 g/mol. The molecule has 33 heavy (non-hydrogen) atoms.